The predicted molar refractivity (Wildman–Crippen MR) is 97.3 cm³/mol. The molecule has 0 saturated heterocycles. The molecule has 0 bridgehead atoms. The summed E-state index contributed by atoms with van der Waals surface area (Å²) in [5, 5.41) is 0. The van der Waals surface area contributed by atoms with E-state index in [4.69, 9.17) is 4.74 Å². The first-order valence-electron chi connectivity index (χ1n) is 8.18. The lowest BCUT2D eigenvalue weighted by Crippen LogP contribution is -2.54. The molecule has 1 aliphatic rings. The predicted octanol–water partition coefficient (Wildman–Crippen LogP) is 3.47. The number of pyridine rings is 1. The smallest absolute Gasteiger partial charge is 0.143 e. The first-order valence-corrected chi connectivity index (χ1v) is 9.33. The molecule has 0 saturated carbocycles. The molecule has 0 unspecified atom stereocenters. The Balaban J connectivity index is 2.14. The Bertz CT molecular complexity index is 712. The molecule has 24 heavy (non-hydrogen) atoms. The van der Waals surface area contributed by atoms with Crippen molar-refractivity contribution in [3.8, 4) is 5.75 Å². The molecule has 128 valence electrons. The van der Waals surface area contributed by atoms with E-state index in [2.05, 4.69) is 40.9 Å². The Labute approximate surface area is 147 Å². The number of nitrogens with one attached hydrogen (secondary N) is 1. The summed E-state index contributed by atoms with van der Waals surface area (Å²) >= 11 is -1.23. The van der Waals surface area contributed by atoms with E-state index >= 15 is 0 Å². The molecule has 1 N–H and O–H groups in total. The van der Waals surface area contributed by atoms with Gasteiger partial charge in [-0.05, 0) is 45.4 Å². The molecule has 4 nitrogen and oxygen atoms in total. The summed E-state index contributed by atoms with van der Waals surface area (Å²) in [6, 6.07) is 12.1. The largest absolute Gasteiger partial charge is 0.598 e. The minimum absolute atomic E-state index is 0.370. The maximum absolute atomic E-state index is 12.9. The van der Waals surface area contributed by atoms with Gasteiger partial charge in [0.25, 0.3) is 0 Å². The molecule has 3 rings (SSSR count). The SMILES string of the molecule is Cc1ccc([C@@]2(N[S@+]([O-])C(C)(C)C)CCOc3cccnc32)cc1. The fourth-order valence-electron chi connectivity index (χ4n) is 2.85. The number of benzene rings is 1. The van der Waals surface area contributed by atoms with Crippen LogP contribution in [-0.4, -0.2) is 20.9 Å². The second-order valence-electron chi connectivity index (χ2n) is 7.20. The Morgan fingerprint density at radius 1 is 1.21 bits per heavy atom. The summed E-state index contributed by atoms with van der Waals surface area (Å²) in [6.45, 7) is 8.53. The van der Waals surface area contributed by atoms with Crippen LogP contribution < -0.4 is 9.46 Å². The lowest BCUT2D eigenvalue weighted by molar-refractivity contribution is 0.221. The van der Waals surface area contributed by atoms with Gasteiger partial charge in [-0.25, -0.2) is 0 Å². The highest BCUT2D eigenvalue weighted by atomic mass is 32.2. The molecule has 0 radical (unpaired) electrons. The third-order valence-corrected chi connectivity index (χ3v) is 5.92. The standard InChI is InChI=1S/C19H24N2O2S/c1-14-7-9-15(10-8-14)19(21-24(22)18(2,3)4)11-13-23-16-6-5-12-20-17(16)19/h5-10,12,21H,11,13H2,1-4H3/t19-,24+/m0/s1. The fourth-order valence-corrected chi connectivity index (χ4v) is 3.79. The topological polar surface area (TPSA) is 57.2 Å². The first kappa shape index (κ1) is 17.3. The minimum atomic E-state index is -1.23. The van der Waals surface area contributed by atoms with E-state index in [1.54, 1.807) is 6.20 Å². The number of ether oxygens (including phenoxy) is 1. The van der Waals surface area contributed by atoms with E-state index in [-0.39, 0.29) is 4.75 Å². The van der Waals surface area contributed by atoms with E-state index in [1.165, 1.54) is 5.56 Å². The number of hydrogen-bond acceptors (Lipinski definition) is 4. The maximum atomic E-state index is 12.9. The summed E-state index contributed by atoms with van der Waals surface area (Å²) in [5.41, 5.74) is 2.45. The normalized spacial score (nSPS) is 21.7. The van der Waals surface area contributed by atoms with Gasteiger partial charge in [-0.3, -0.25) is 4.98 Å². The zero-order valence-corrected chi connectivity index (χ0v) is 15.4. The molecule has 5 heteroatoms. The van der Waals surface area contributed by atoms with Crippen molar-refractivity contribution in [3.63, 3.8) is 0 Å². The molecule has 1 aromatic heterocycles. The van der Waals surface area contributed by atoms with E-state index in [9.17, 15) is 4.55 Å². The van der Waals surface area contributed by atoms with Gasteiger partial charge in [0.2, 0.25) is 0 Å². The van der Waals surface area contributed by atoms with Crippen LogP contribution >= 0.6 is 0 Å². The Hall–Kier alpha value is -1.56. The molecular weight excluding hydrogens is 320 g/mol. The highest BCUT2D eigenvalue weighted by Gasteiger charge is 2.46. The zero-order valence-electron chi connectivity index (χ0n) is 14.6. The van der Waals surface area contributed by atoms with E-state index in [0.717, 1.165) is 17.0 Å². The molecule has 0 spiro atoms. The average molecular weight is 344 g/mol. The Kier molecular flexibility index (Phi) is 4.60. The highest BCUT2D eigenvalue weighted by molar-refractivity contribution is 7.90. The van der Waals surface area contributed by atoms with Gasteiger partial charge >= 0.3 is 0 Å². The van der Waals surface area contributed by atoms with Crippen LogP contribution in [0.2, 0.25) is 0 Å². The van der Waals surface area contributed by atoms with Gasteiger partial charge in [0.15, 0.2) is 0 Å². The van der Waals surface area contributed by atoms with Crippen LogP contribution in [0.4, 0.5) is 0 Å². The van der Waals surface area contributed by atoms with Gasteiger partial charge in [0, 0.05) is 24.0 Å². The van der Waals surface area contributed by atoms with Crippen molar-refractivity contribution in [1.29, 1.82) is 0 Å². The Morgan fingerprint density at radius 2 is 1.92 bits per heavy atom. The van der Waals surface area contributed by atoms with Gasteiger partial charge < -0.3 is 9.29 Å². The summed E-state index contributed by atoms with van der Waals surface area (Å²) in [5.74, 6) is 0.753. The lowest BCUT2D eigenvalue weighted by Gasteiger charge is -2.40. The van der Waals surface area contributed by atoms with Gasteiger partial charge in [-0.2, -0.15) is 0 Å². The van der Waals surface area contributed by atoms with Crippen LogP contribution in [0.15, 0.2) is 42.6 Å². The number of aryl methyl sites for hydroxylation is 1. The van der Waals surface area contributed by atoms with Crippen molar-refractivity contribution in [2.45, 2.75) is 44.4 Å². The molecule has 0 fully saturated rings. The van der Waals surface area contributed by atoms with Crippen molar-refractivity contribution < 1.29 is 9.29 Å². The van der Waals surface area contributed by atoms with Crippen molar-refractivity contribution in [1.82, 2.24) is 9.71 Å². The third-order valence-electron chi connectivity index (χ3n) is 4.28. The van der Waals surface area contributed by atoms with Crippen LogP contribution in [-0.2, 0) is 16.9 Å². The molecule has 2 atom stereocenters. The Morgan fingerprint density at radius 3 is 2.58 bits per heavy atom. The van der Waals surface area contributed by atoms with Gasteiger partial charge in [-0.1, -0.05) is 29.8 Å². The minimum Gasteiger partial charge on any atom is -0.598 e. The fraction of sp³-hybridized carbons (Fsp3) is 0.421. The van der Waals surface area contributed by atoms with Gasteiger partial charge in [-0.15, -0.1) is 4.72 Å². The highest BCUT2D eigenvalue weighted by Crippen LogP contribution is 2.41. The number of nitrogens with zero attached hydrogens (tertiary/aromatic N) is 1. The monoisotopic (exact) mass is 344 g/mol. The molecule has 2 heterocycles. The molecule has 2 aromatic rings. The second kappa shape index (κ2) is 6.39. The number of aromatic nitrogens is 1. The second-order valence-corrected chi connectivity index (χ2v) is 9.17. The molecule has 0 amide bonds. The summed E-state index contributed by atoms with van der Waals surface area (Å²) in [6.07, 6.45) is 2.44. The van der Waals surface area contributed by atoms with Gasteiger partial charge in [0.05, 0.1) is 6.61 Å². The number of fused-ring (bicyclic) bond motifs is 1. The lowest BCUT2D eigenvalue weighted by atomic mass is 9.82. The number of rotatable bonds is 3. The first-order chi connectivity index (χ1) is 11.3. The quantitative estimate of drug-likeness (QED) is 0.866. The average Bonchev–Trinajstić information content (AvgIpc) is 2.55. The molecule has 0 aliphatic carbocycles. The van der Waals surface area contributed by atoms with Crippen LogP contribution in [0.25, 0.3) is 0 Å². The van der Waals surface area contributed by atoms with Crippen molar-refractivity contribution in [2.24, 2.45) is 0 Å². The van der Waals surface area contributed by atoms with Crippen LogP contribution in [0.5, 0.6) is 5.75 Å². The van der Waals surface area contributed by atoms with Crippen molar-refractivity contribution >= 4 is 11.4 Å². The summed E-state index contributed by atoms with van der Waals surface area (Å²) in [4.78, 5) is 4.58. The zero-order chi connectivity index (χ0) is 17.4. The third kappa shape index (κ3) is 3.16. The molecule has 1 aromatic carbocycles. The van der Waals surface area contributed by atoms with Gasteiger partial charge in [0.1, 0.15) is 21.7 Å². The van der Waals surface area contributed by atoms with E-state index < -0.39 is 16.9 Å². The van der Waals surface area contributed by atoms with Crippen LogP contribution in [0.1, 0.15) is 44.0 Å². The number of hydrogen-bond donors (Lipinski definition) is 1. The molecule has 1 aliphatic heterocycles. The van der Waals surface area contributed by atoms with Crippen LogP contribution in [0.3, 0.4) is 0 Å². The summed E-state index contributed by atoms with van der Waals surface area (Å²) in [7, 11) is 0. The van der Waals surface area contributed by atoms with E-state index in [1.807, 2.05) is 32.9 Å². The van der Waals surface area contributed by atoms with Crippen molar-refractivity contribution in [2.75, 3.05) is 6.61 Å². The summed E-state index contributed by atoms with van der Waals surface area (Å²) < 4.78 is 21.7. The van der Waals surface area contributed by atoms with Crippen LogP contribution in [0, 0.1) is 6.92 Å². The van der Waals surface area contributed by atoms with E-state index in [0.29, 0.717) is 13.0 Å². The van der Waals surface area contributed by atoms with Crippen molar-refractivity contribution in [3.05, 3.63) is 59.4 Å². The molecular formula is C19H24N2O2S. The maximum Gasteiger partial charge on any atom is 0.143 e.